The van der Waals surface area contributed by atoms with Crippen LogP contribution in [0.3, 0.4) is 0 Å². The monoisotopic (exact) mass is 397 g/mol. The number of unbranched alkanes of at least 4 members (excludes halogenated alkanes) is 7. The fraction of sp³-hybridized carbons (Fsp3) is 0.500. The lowest BCUT2D eigenvalue weighted by Crippen LogP contribution is -2.10. The predicted molar refractivity (Wildman–Crippen MR) is 121 cm³/mol. The molecule has 2 aromatic carbocycles. The molecule has 3 heteroatoms. The first-order valence-electron chi connectivity index (χ1n) is 11.0. The van der Waals surface area contributed by atoms with Crippen molar-refractivity contribution in [2.75, 3.05) is 20.8 Å². The van der Waals surface area contributed by atoms with E-state index in [1.54, 1.807) is 14.2 Å². The lowest BCUT2D eigenvalue weighted by molar-refractivity contribution is 0.152. The zero-order chi connectivity index (χ0) is 20.7. The van der Waals surface area contributed by atoms with Crippen molar-refractivity contribution in [1.82, 2.24) is 0 Å². The molecule has 0 unspecified atom stereocenters. The van der Waals surface area contributed by atoms with E-state index >= 15 is 0 Å². The summed E-state index contributed by atoms with van der Waals surface area (Å²) in [6, 6.07) is 16.4. The Kier molecular flexibility index (Phi) is 11.3. The maximum Gasteiger partial charge on any atom is 0.130 e. The van der Waals surface area contributed by atoms with Gasteiger partial charge in [-0.25, -0.2) is 0 Å². The highest BCUT2D eigenvalue weighted by molar-refractivity contribution is 5.41. The molecule has 159 valence electrons. The Morgan fingerprint density at radius 2 is 1.31 bits per heavy atom. The van der Waals surface area contributed by atoms with Crippen LogP contribution in [0.2, 0.25) is 0 Å². The first-order valence-corrected chi connectivity index (χ1v) is 11.0. The summed E-state index contributed by atoms with van der Waals surface area (Å²) in [6.45, 7) is 3.03. The second-order valence-electron chi connectivity index (χ2n) is 7.51. The minimum absolute atomic E-state index is 0.717. The SMILES string of the molecule is CCCCCCCCCCO[C](Cc1cc(OC)cc(OC)c1)c1ccccc1. The fourth-order valence-electron chi connectivity index (χ4n) is 3.45. The summed E-state index contributed by atoms with van der Waals surface area (Å²) in [4.78, 5) is 0. The van der Waals surface area contributed by atoms with Crippen molar-refractivity contribution in [1.29, 1.82) is 0 Å². The van der Waals surface area contributed by atoms with Crippen molar-refractivity contribution in [2.45, 2.75) is 64.7 Å². The number of methoxy groups -OCH3 is 2. The number of ether oxygens (including phenoxy) is 3. The van der Waals surface area contributed by atoms with E-state index in [0.717, 1.165) is 41.8 Å². The van der Waals surface area contributed by atoms with Crippen LogP contribution in [0, 0.1) is 6.10 Å². The maximum absolute atomic E-state index is 6.26. The minimum atomic E-state index is 0.717. The number of hydrogen-bond donors (Lipinski definition) is 0. The number of hydrogen-bond acceptors (Lipinski definition) is 3. The summed E-state index contributed by atoms with van der Waals surface area (Å²) in [5.74, 6) is 1.60. The van der Waals surface area contributed by atoms with Crippen LogP contribution in [-0.4, -0.2) is 20.8 Å². The lowest BCUT2D eigenvalue weighted by atomic mass is 10.0. The van der Waals surface area contributed by atoms with Crippen LogP contribution in [0.15, 0.2) is 48.5 Å². The van der Waals surface area contributed by atoms with E-state index in [-0.39, 0.29) is 0 Å². The molecule has 0 saturated carbocycles. The Morgan fingerprint density at radius 3 is 1.90 bits per heavy atom. The molecule has 0 aromatic heterocycles. The van der Waals surface area contributed by atoms with Crippen molar-refractivity contribution >= 4 is 0 Å². The van der Waals surface area contributed by atoms with Crippen LogP contribution in [0.25, 0.3) is 0 Å². The van der Waals surface area contributed by atoms with Gasteiger partial charge in [0, 0.05) is 19.1 Å². The van der Waals surface area contributed by atoms with Gasteiger partial charge in [0.25, 0.3) is 0 Å². The van der Waals surface area contributed by atoms with Gasteiger partial charge in [-0.2, -0.15) is 0 Å². The quantitative estimate of drug-likeness (QED) is 0.303. The van der Waals surface area contributed by atoms with Crippen molar-refractivity contribution in [2.24, 2.45) is 0 Å². The van der Waals surface area contributed by atoms with Crippen LogP contribution < -0.4 is 9.47 Å². The lowest BCUT2D eigenvalue weighted by Gasteiger charge is -2.18. The van der Waals surface area contributed by atoms with Gasteiger partial charge >= 0.3 is 0 Å². The van der Waals surface area contributed by atoms with Gasteiger partial charge in [0.05, 0.1) is 14.2 Å². The molecule has 0 heterocycles. The molecule has 29 heavy (non-hydrogen) atoms. The molecule has 0 aliphatic carbocycles. The van der Waals surface area contributed by atoms with E-state index in [1.807, 2.05) is 24.3 Å². The molecule has 0 N–H and O–H groups in total. The second kappa shape index (κ2) is 14.1. The van der Waals surface area contributed by atoms with Gasteiger partial charge in [0.2, 0.25) is 0 Å². The van der Waals surface area contributed by atoms with E-state index in [2.05, 4.69) is 31.2 Å². The molecule has 0 atom stereocenters. The summed E-state index contributed by atoms with van der Waals surface area (Å²) < 4.78 is 17.1. The molecular formula is C26H37O3. The molecule has 0 aliphatic heterocycles. The molecule has 0 bridgehead atoms. The number of benzene rings is 2. The van der Waals surface area contributed by atoms with Crippen molar-refractivity contribution < 1.29 is 14.2 Å². The Bertz CT molecular complexity index is 647. The Balaban J connectivity index is 1.88. The zero-order valence-corrected chi connectivity index (χ0v) is 18.4. The summed E-state index contributed by atoms with van der Waals surface area (Å²) in [7, 11) is 3.36. The summed E-state index contributed by atoms with van der Waals surface area (Å²) >= 11 is 0. The Morgan fingerprint density at radius 1 is 0.724 bits per heavy atom. The van der Waals surface area contributed by atoms with Gasteiger partial charge in [-0.15, -0.1) is 0 Å². The molecule has 2 rings (SSSR count). The topological polar surface area (TPSA) is 27.7 Å². The first kappa shape index (κ1) is 23.3. The van der Waals surface area contributed by atoms with E-state index in [1.165, 1.54) is 44.9 Å². The van der Waals surface area contributed by atoms with E-state index in [4.69, 9.17) is 14.2 Å². The predicted octanol–water partition coefficient (Wildman–Crippen LogP) is 6.98. The molecule has 0 amide bonds. The summed E-state index contributed by atoms with van der Waals surface area (Å²) in [6.07, 6.45) is 12.1. The standard InChI is InChI=1S/C26H37O3/c1-4-5-6-7-8-9-10-14-17-29-26(23-15-12-11-13-16-23)20-22-18-24(27-2)21-25(19-22)28-3/h11-13,15-16,18-19,21H,4-10,14,17,20H2,1-3H3. The van der Waals surface area contributed by atoms with Gasteiger partial charge in [-0.05, 0) is 29.7 Å². The molecule has 0 aliphatic rings. The van der Waals surface area contributed by atoms with Crippen LogP contribution in [-0.2, 0) is 11.2 Å². The second-order valence-corrected chi connectivity index (χ2v) is 7.51. The van der Waals surface area contributed by atoms with Gasteiger partial charge in [0.15, 0.2) is 0 Å². The number of rotatable bonds is 15. The third-order valence-electron chi connectivity index (χ3n) is 5.15. The van der Waals surface area contributed by atoms with E-state index < -0.39 is 0 Å². The van der Waals surface area contributed by atoms with Crippen LogP contribution in [0.1, 0.15) is 69.4 Å². The third kappa shape index (κ3) is 8.91. The molecule has 3 nitrogen and oxygen atoms in total. The van der Waals surface area contributed by atoms with Crippen molar-refractivity contribution in [3.05, 3.63) is 65.8 Å². The molecule has 0 fully saturated rings. The van der Waals surface area contributed by atoms with Crippen LogP contribution >= 0.6 is 0 Å². The molecule has 0 spiro atoms. The normalized spacial score (nSPS) is 11.0. The van der Waals surface area contributed by atoms with Gasteiger partial charge in [-0.1, -0.05) is 82.2 Å². The summed E-state index contributed by atoms with van der Waals surface area (Å²) in [5.41, 5.74) is 2.25. The third-order valence-corrected chi connectivity index (χ3v) is 5.15. The largest absolute Gasteiger partial charge is 0.497 e. The minimum Gasteiger partial charge on any atom is -0.497 e. The van der Waals surface area contributed by atoms with Gasteiger partial charge in [0.1, 0.15) is 17.6 Å². The average Bonchev–Trinajstić information content (AvgIpc) is 2.77. The van der Waals surface area contributed by atoms with Crippen LogP contribution in [0.5, 0.6) is 11.5 Å². The fourth-order valence-corrected chi connectivity index (χ4v) is 3.45. The molecule has 1 radical (unpaired) electrons. The average molecular weight is 398 g/mol. The van der Waals surface area contributed by atoms with Crippen LogP contribution in [0.4, 0.5) is 0 Å². The Labute approximate surface area is 177 Å². The van der Waals surface area contributed by atoms with Gasteiger partial charge in [-0.3, -0.25) is 0 Å². The molecule has 2 aromatic rings. The first-order chi connectivity index (χ1) is 14.3. The molecule has 0 saturated heterocycles. The molecular weight excluding hydrogens is 360 g/mol. The van der Waals surface area contributed by atoms with Crippen molar-refractivity contribution in [3.63, 3.8) is 0 Å². The Hall–Kier alpha value is -2.00. The van der Waals surface area contributed by atoms with E-state index in [0.29, 0.717) is 6.42 Å². The van der Waals surface area contributed by atoms with Gasteiger partial charge < -0.3 is 14.2 Å². The smallest absolute Gasteiger partial charge is 0.130 e. The highest BCUT2D eigenvalue weighted by Crippen LogP contribution is 2.28. The van der Waals surface area contributed by atoms with Crippen molar-refractivity contribution in [3.8, 4) is 11.5 Å². The zero-order valence-electron chi connectivity index (χ0n) is 18.4. The summed E-state index contributed by atoms with van der Waals surface area (Å²) in [5, 5.41) is 0. The highest BCUT2D eigenvalue weighted by Gasteiger charge is 2.16. The highest BCUT2D eigenvalue weighted by atomic mass is 16.5. The van der Waals surface area contributed by atoms with E-state index in [9.17, 15) is 0 Å². The maximum atomic E-state index is 6.26.